The van der Waals surface area contributed by atoms with Crippen molar-refractivity contribution in [1.82, 2.24) is 9.97 Å². The van der Waals surface area contributed by atoms with E-state index in [1.807, 2.05) is 24.8 Å². The quantitative estimate of drug-likeness (QED) is 0.836. The van der Waals surface area contributed by atoms with Crippen LogP contribution in [0.25, 0.3) is 0 Å². The van der Waals surface area contributed by atoms with Gasteiger partial charge in [0.2, 0.25) is 0 Å². The number of anilines is 2. The van der Waals surface area contributed by atoms with Crippen LogP contribution in [0.4, 0.5) is 11.6 Å². The number of hydrogen-bond donors (Lipinski definition) is 2. The summed E-state index contributed by atoms with van der Waals surface area (Å²) in [5.74, 6) is 0.541. The Morgan fingerprint density at radius 3 is 2.94 bits per heavy atom. The molecule has 0 spiro atoms. The van der Waals surface area contributed by atoms with E-state index in [0.29, 0.717) is 19.0 Å². The zero-order valence-corrected chi connectivity index (χ0v) is 10.6. The molecule has 0 radical (unpaired) electrons. The highest BCUT2D eigenvalue weighted by molar-refractivity contribution is 5.72. The molecule has 0 aliphatic carbocycles. The standard InChI is InChI=1S/C12H18N4O2/c1-8(2)15-10-5-11(14-7-13-10)16-4-3-9(6-16)12(17)18/h5,7-9H,3-4,6H2,1-2H3,(H,17,18)(H,13,14,15). The van der Waals surface area contributed by atoms with Crippen LogP contribution in [0, 0.1) is 5.92 Å². The summed E-state index contributed by atoms with van der Waals surface area (Å²) in [6.07, 6.45) is 2.18. The van der Waals surface area contributed by atoms with Gasteiger partial charge in [-0.05, 0) is 20.3 Å². The number of carboxylic acids is 1. The van der Waals surface area contributed by atoms with E-state index >= 15 is 0 Å². The van der Waals surface area contributed by atoms with Gasteiger partial charge in [-0.15, -0.1) is 0 Å². The molecule has 2 N–H and O–H groups in total. The summed E-state index contributed by atoms with van der Waals surface area (Å²) in [6.45, 7) is 5.33. The molecule has 2 heterocycles. The molecular formula is C12H18N4O2. The van der Waals surface area contributed by atoms with Crippen molar-refractivity contribution in [3.05, 3.63) is 12.4 Å². The van der Waals surface area contributed by atoms with Crippen molar-refractivity contribution in [2.75, 3.05) is 23.3 Å². The Kier molecular flexibility index (Phi) is 3.64. The van der Waals surface area contributed by atoms with E-state index in [1.54, 1.807) is 0 Å². The Labute approximate surface area is 106 Å². The number of aliphatic carboxylic acids is 1. The zero-order valence-electron chi connectivity index (χ0n) is 10.6. The Bertz CT molecular complexity index is 436. The molecule has 6 nitrogen and oxygen atoms in total. The highest BCUT2D eigenvalue weighted by Gasteiger charge is 2.28. The van der Waals surface area contributed by atoms with Crippen molar-refractivity contribution >= 4 is 17.6 Å². The molecule has 0 aromatic carbocycles. The van der Waals surface area contributed by atoms with E-state index in [9.17, 15) is 4.79 Å². The van der Waals surface area contributed by atoms with Crippen molar-refractivity contribution < 1.29 is 9.90 Å². The lowest BCUT2D eigenvalue weighted by Gasteiger charge is -2.18. The van der Waals surface area contributed by atoms with Crippen LogP contribution in [0.15, 0.2) is 12.4 Å². The zero-order chi connectivity index (χ0) is 13.1. The SMILES string of the molecule is CC(C)Nc1cc(N2CCC(C(=O)O)C2)ncn1. The molecule has 2 rings (SSSR count). The Balaban J connectivity index is 2.07. The maximum atomic E-state index is 10.9. The molecule has 98 valence electrons. The van der Waals surface area contributed by atoms with Gasteiger partial charge in [0.05, 0.1) is 5.92 Å². The fraction of sp³-hybridized carbons (Fsp3) is 0.583. The van der Waals surface area contributed by atoms with Crippen LogP contribution < -0.4 is 10.2 Å². The monoisotopic (exact) mass is 250 g/mol. The average Bonchev–Trinajstić information content (AvgIpc) is 2.77. The second-order valence-corrected chi connectivity index (χ2v) is 4.83. The highest BCUT2D eigenvalue weighted by Crippen LogP contribution is 2.23. The van der Waals surface area contributed by atoms with Crippen LogP contribution in [-0.4, -0.2) is 40.2 Å². The molecule has 1 aromatic rings. The van der Waals surface area contributed by atoms with Gasteiger partial charge in [0.25, 0.3) is 0 Å². The summed E-state index contributed by atoms with van der Waals surface area (Å²) in [7, 11) is 0. The molecule has 1 aliphatic rings. The van der Waals surface area contributed by atoms with E-state index in [1.165, 1.54) is 6.33 Å². The largest absolute Gasteiger partial charge is 0.481 e. The minimum Gasteiger partial charge on any atom is -0.481 e. The third-order valence-electron chi connectivity index (χ3n) is 2.95. The van der Waals surface area contributed by atoms with Gasteiger partial charge in [0.1, 0.15) is 18.0 Å². The molecule has 1 saturated heterocycles. The van der Waals surface area contributed by atoms with E-state index < -0.39 is 5.97 Å². The van der Waals surface area contributed by atoms with Crippen molar-refractivity contribution in [3.8, 4) is 0 Å². The number of rotatable bonds is 4. The molecule has 6 heteroatoms. The van der Waals surface area contributed by atoms with E-state index in [4.69, 9.17) is 5.11 Å². The van der Waals surface area contributed by atoms with E-state index in [0.717, 1.165) is 18.2 Å². The molecule has 1 atom stereocenters. The topological polar surface area (TPSA) is 78.4 Å². The lowest BCUT2D eigenvalue weighted by atomic mass is 10.1. The number of nitrogens with zero attached hydrogens (tertiary/aromatic N) is 3. The minimum absolute atomic E-state index is 0.290. The van der Waals surface area contributed by atoms with E-state index in [-0.39, 0.29) is 5.92 Å². The molecule has 1 aliphatic heterocycles. The van der Waals surface area contributed by atoms with Gasteiger partial charge in [-0.1, -0.05) is 0 Å². The van der Waals surface area contributed by atoms with Gasteiger partial charge in [-0.2, -0.15) is 0 Å². The third-order valence-corrected chi connectivity index (χ3v) is 2.95. The number of hydrogen-bond acceptors (Lipinski definition) is 5. The summed E-state index contributed by atoms with van der Waals surface area (Å²) < 4.78 is 0. The molecule has 1 aromatic heterocycles. The predicted octanol–water partition coefficient (Wildman–Crippen LogP) is 1.21. The van der Waals surface area contributed by atoms with Crippen LogP contribution >= 0.6 is 0 Å². The lowest BCUT2D eigenvalue weighted by Crippen LogP contribution is -2.23. The lowest BCUT2D eigenvalue weighted by molar-refractivity contribution is -0.140. The third kappa shape index (κ3) is 2.88. The summed E-state index contributed by atoms with van der Waals surface area (Å²) in [5.41, 5.74) is 0. The van der Waals surface area contributed by atoms with Gasteiger partial charge in [0.15, 0.2) is 0 Å². The highest BCUT2D eigenvalue weighted by atomic mass is 16.4. The first-order valence-electron chi connectivity index (χ1n) is 6.12. The molecule has 1 fully saturated rings. The van der Waals surface area contributed by atoms with Crippen molar-refractivity contribution in [2.24, 2.45) is 5.92 Å². The number of carboxylic acid groups (broad SMARTS) is 1. The Morgan fingerprint density at radius 2 is 2.33 bits per heavy atom. The van der Waals surface area contributed by atoms with Gasteiger partial charge < -0.3 is 15.3 Å². The fourth-order valence-electron chi connectivity index (χ4n) is 2.06. The summed E-state index contributed by atoms with van der Waals surface area (Å²) in [5, 5.41) is 12.2. The second-order valence-electron chi connectivity index (χ2n) is 4.83. The van der Waals surface area contributed by atoms with Crippen molar-refractivity contribution in [2.45, 2.75) is 26.3 Å². The first-order chi connectivity index (χ1) is 8.56. The van der Waals surface area contributed by atoms with Crippen LogP contribution in [0.1, 0.15) is 20.3 Å². The predicted molar refractivity (Wildman–Crippen MR) is 68.7 cm³/mol. The molecule has 0 bridgehead atoms. The second kappa shape index (κ2) is 5.20. The number of nitrogens with one attached hydrogen (secondary N) is 1. The summed E-state index contributed by atoms with van der Waals surface area (Å²) in [4.78, 5) is 21.3. The summed E-state index contributed by atoms with van der Waals surface area (Å²) >= 11 is 0. The van der Waals surface area contributed by atoms with Crippen LogP contribution in [0.3, 0.4) is 0 Å². The Morgan fingerprint density at radius 1 is 1.56 bits per heavy atom. The molecule has 0 saturated carbocycles. The van der Waals surface area contributed by atoms with E-state index in [2.05, 4.69) is 15.3 Å². The van der Waals surface area contributed by atoms with Crippen LogP contribution in [0.5, 0.6) is 0 Å². The number of carbonyl (C=O) groups is 1. The molecular weight excluding hydrogens is 232 g/mol. The normalized spacial score (nSPS) is 19.3. The maximum Gasteiger partial charge on any atom is 0.308 e. The molecule has 0 amide bonds. The maximum absolute atomic E-state index is 10.9. The average molecular weight is 250 g/mol. The Hall–Kier alpha value is -1.85. The van der Waals surface area contributed by atoms with Gasteiger partial charge >= 0.3 is 5.97 Å². The van der Waals surface area contributed by atoms with Gasteiger partial charge in [-0.3, -0.25) is 4.79 Å². The molecule has 1 unspecified atom stereocenters. The molecule has 18 heavy (non-hydrogen) atoms. The first kappa shape index (κ1) is 12.6. The first-order valence-corrected chi connectivity index (χ1v) is 6.12. The smallest absolute Gasteiger partial charge is 0.308 e. The van der Waals surface area contributed by atoms with Crippen molar-refractivity contribution in [3.63, 3.8) is 0 Å². The van der Waals surface area contributed by atoms with Gasteiger partial charge in [-0.25, -0.2) is 9.97 Å². The summed E-state index contributed by atoms with van der Waals surface area (Å²) in [6, 6.07) is 2.17. The number of aromatic nitrogens is 2. The van der Waals surface area contributed by atoms with Crippen molar-refractivity contribution in [1.29, 1.82) is 0 Å². The van der Waals surface area contributed by atoms with Crippen LogP contribution in [0.2, 0.25) is 0 Å². The van der Waals surface area contributed by atoms with Gasteiger partial charge in [0, 0.05) is 25.2 Å². The van der Waals surface area contributed by atoms with Crippen LogP contribution in [-0.2, 0) is 4.79 Å². The minimum atomic E-state index is -0.730. The fourth-order valence-corrected chi connectivity index (χ4v) is 2.06.